The standard InChI is InChI=1S/2C25H23F3N6O/c2*1-16-14-33(15-29-16)21-11-9-19(30-24(21)35-2)10-12-22-31-23-20(4-3-13-34(23)32-22)17-5-7-18(8-6-17)25(26,27)28/h2*5-12,14-15,20H,3-4,13H2,1-2H3/b2*12-10+/t2*20-/m10/s1. The highest BCUT2D eigenvalue weighted by atomic mass is 19.4. The fourth-order valence-corrected chi connectivity index (χ4v) is 8.52. The number of aromatic nitrogens is 12. The van der Waals surface area contributed by atoms with Crippen LogP contribution in [0.3, 0.4) is 0 Å². The second kappa shape index (κ2) is 19.6. The third kappa shape index (κ3) is 10.4. The molecule has 2 aliphatic rings. The van der Waals surface area contributed by atoms with Crippen LogP contribution in [0.5, 0.6) is 11.8 Å². The SMILES string of the molecule is COc1nc(/C=C/c2nc3n(n2)CCC[C@@H]3c2ccc(C(F)(F)F)cc2)ccc1-n1cnc(C)c1.COc1nc(/C=C/c2nc3n(n2)CCC[C@H]3c2ccc(C(F)(F)F)cc2)ccc1-n1cnc(C)c1. The zero-order valence-electron chi connectivity index (χ0n) is 38.4. The molecule has 14 nitrogen and oxygen atoms in total. The van der Waals surface area contributed by atoms with Gasteiger partial charge >= 0.3 is 12.4 Å². The second-order valence-electron chi connectivity index (χ2n) is 16.8. The first-order valence-electron chi connectivity index (χ1n) is 22.4. The fourth-order valence-electron chi connectivity index (χ4n) is 8.52. The molecule has 0 saturated carbocycles. The zero-order chi connectivity index (χ0) is 49.2. The molecule has 0 aliphatic carbocycles. The summed E-state index contributed by atoms with van der Waals surface area (Å²) < 4.78 is 95.9. The number of halogens is 6. The second-order valence-corrected chi connectivity index (χ2v) is 16.8. The molecule has 70 heavy (non-hydrogen) atoms. The fraction of sp³-hybridized carbons (Fsp3) is 0.280. The van der Waals surface area contributed by atoms with E-state index in [2.05, 4.69) is 40.1 Å². The molecule has 2 atom stereocenters. The van der Waals surface area contributed by atoms with Crippen molar-refractivity contribution in [1.82, 2.24) is 58.6 Å². The van der Waals surface area contributed by atoms with Gasteiger partial charge in [-0.05, 0) is 123 Å². The van der Waals surface area contributed by atoms with Crippen LogP contribution < -0.4 is 9.47 Å². The maximum Gasteiger partial charge on any atom is 0.416 e. The molecule has 0 fully saturated rings. The average Bonchev–Trinajstić information content (AvgIpc) is 4.19. The summed E-state index contributed by atoms with van der Waals surface area (Å²) in [5, 5.41) is 9.15. The summed E-state index contributed by atoms with van der Waals surface area (Å²) in [5.74, 6) is 3.28. The predicted octanol–water partition coefficient (Wildman–Crippen LogP) is 10.6. The lowest BCUT2D eigenvalue weighted by molar-refractivity contribution is -0.138. The van der Waals surface area contributed by atoms with Crippen molar-refractivity contribution < 1.29 is 35.8 Å². The van der Waals surface area contributed by atoms with Crippen LogP contribution in [0, 0.1) is 13.8 Å². The van der Waals surface area contributed by atoms with Gasteiger partial charge in [-0.1, -0.05) is 24.3 Å². The van der Waals surface area contributed by atoms with Gasteiger partial charge in [0.05, 0.1) is 60.8 Å². The topological polar surface area (TPSA) is 141 Å². The minimum absolute atomic E-state index is 0.100. The number of hydrogen-bond donors (Lipinski definition) is 0. The first kappa shape index (κ1) is 47.2. The number of imidazole rings is 2. The molecule has 0 bridgehead atoms. The maximum atomic E-state index is 12.9. The van der Waals surface area contributed by atoms with Gasteiger partial charge in [-0.2, -0.15) is 36.5 Å². The highest BCUT2D eigenvalue weighted by Crippen LogP contribution is 2.37. The maximum absolute atomic E-state index is 12.9. The van der Waals surface area contributed by atoms with Crippen LogP contribution in [-0.2, 0) is 25.4 Å². The minimum atomic E-state index is -4.35. The summed E-state index contributed by atoms with van der Waals surface area (Å²) in [6.45, 7) is 5.26. The van der Waals surface area contributed by atoms with Gasteiger partial charge < -0.3 is 18.6 Å². The highest BCUT2D eigenvalue weighted by Gasteiger charge is 2.33. The molecule has 0 N–H and O–H groups in total. The molecule has 0 amide bonds. The van der Waals surface area contributed by atoms with Crippen molar-refractivity contribution in [2.24, 2.45) is 0 Å². The average molecular weight is 961 g/mol. The van der Waals surface area contributed by atoms with Crippen molar-refractivity contribution in [2.45, 2.75) is 76.8 Å². The van der Waals surface area contributed by atoms with E-state index < -0.39 is 23.5 Å². The summed E-state index contributed by atoms with van der Waals surface area (Å²) in [6, 6.07) is 18.2. The Balaban J connectivity index is 0.000000174. The van der Waals surface area contributed by atoms with E-state index in [9.17, 15) is 26.3 Å². The van der Waals surface area contributed by atoms with Crippen LogP contribution in [0.2, 0.25) is 0 Å². The van der Waals surface area contributed by atoms with E-state index in [1.807, 2.05) is 69.0 Å². The molecular formula is C50H46F6N12O2. The number of benzene rings is 2. The Morgan fingerprint density at radius 2 is 0.929 bits per heavy atom. The van der Waals surface area contributed by atoms with Crippen molar-refractivity contribution in [2.75, 3.05) is 14.2 Å². The molecule has 0 unspecified atom stereocenters. The Bertz CT molecular complexity index is 2950. The summed E-state index contributed by atoms with van der Waals surface area (Å²) in [6.07, 6.45) is 9.01. The number of fused-ring (bicyclic) bond motifs is 2. The molecule has 2 aromatic carbocycles. The van der Waals surface area contributed by atoms with Crippen LogP contribution in [0.15, 0.2) is 97.8 Å². The van der Waals surface area contributed by atoms with Gasteiger partial charge in [0.25, 0.3) is 0 Å². The number of nitrogens with zero attached hydrogens (tertiary/aromatic N) is 12. The van der Waals surface area contributed by atoms with Crippen LogP contribution in [0.25, 0.3) is 35.7 Å². The van der Waals surface area contributed by atoms with E-state index in [0.717, 1.165) is 109 Å². The number of rotatable bonds is 10. The number of pyridine rings is 2. The first-order valence-corrected chi connectivity index (χ1v) is 22.4. The summed E-state index contributed by atoms with van der Waals surface area (Å²) in [4.78, 5) is 26.9. The Labute approximate surface area is 398 Å². The van der Waals surface area contributed by atoms with E-state index in [4.69, 9.17) is 9.47 Å². The van der Waals surface area contributed by atoms with Gasteiger partial charge in [-0.25, -0.2) is 39.3 Å². The van der Waals surface area contributed by atoms with E-state index in [-0.39, 0.29) is 11.8 Å². The molecule has 8 heterocycles. The number of ether oxygens (including phenoxy) is 2. The van der Waals surface area contributed by atoms with Crippen LogP contribution in [-0.4, -0.2) is 72.8 Å². The van der Waals surface area contributed by atoms with Gasteiger partial charge in [0, 0.05) is 37.3 Å². The predicted molar refractivity (Wildman–Crippen MR) is 248 cm³/mol. The van der Waals surface area contributed by atoms with Gasteiger partial charge in [0.1, 0.15) is 23.0 Å². The van der Waals surface area contributed by atoms with Gasteiger partial charge in [-0.15, -0.1) is 0 Å². The van der Waals surface area contributed by atoms with E-state index in [1.165, 1.54) is 24.3 Å². The van der Waals surface area contributed by atoms with Gasteiger partial charge in [0.15, 0.2) is 11.6 Å². The van der Waals surface area contributed by atoms with Crippen LogP contribution in [0.1, 0.15) is 106 Å². The number of hydrogen-bond acceptors (Lipinski definition) is 10. The minimum Gasteiger partial charge on any atom is -0.479 e. The van der Waals surface area contributed by atoms with E-state index in [0.29, 0.717) is 34.8 Å². The Hall–Kier alpha value is -7.90. The van der Waals surface area contributed by atoms with Crippen molar-refractivity contribution in [1.29, 1.82) is 0 Å². The lowest BCUT2D eigenvalue weighted by Gasteiger charge is -2.22. The summed E-state index contributed by atoms with van der Waals surface area (Å²) in [5.41, 5.74) is 4.99. The van der Waals surface area contributed by atoms with Crippen molar-refractivity contribution in [3.63, 3.8) is 0 Å². The van der Waals surface area contributed by atoms with Gasteiger partial charge in [-0.3, -0.25) is 0 Å². The molecule has 360 valence electrons. The quantitative estimate of drug-likeness (QED) is 0.122. The Morgan fingerprint density at radius 3 is 1.27 bits per heavy atom. The van der Waals surface area contributed by atoms with Crippen LogP contribution >= 0.6 is 0 Å². The van der Waals surface area contributed by atoms with Crippen molar-refractivity contribution in [3.05, 3.63) is 166 Å². The molecular weight excluding hydrogens is 915 g/mol. The third-order valence-electron chi connectivity index (χ3n) is 12.0. The highest BCUT2D eigenvalue weighted by molar-refractivity contribution is 5.67. The molecule has 10 rings (SSSR count). The molecule has 20 heteroatoms. The molecule has 0 spiro atoms. The molecule has 0 saturated heterocycles. The third-order valence-corrected chi connectivity index (χ3v) is 12.0. The molecule has 8 aromatic rings. The lowest BCUT2D eigenvalue weighted by atomic mass is 9.90. The smallest absolute Gasteiger partial charge is 0.416 e. The Kier molecular flexibility index (Phi) is 13.2. The monoisotopic (exact) mass is 960 g/mol. The number of methoxy groups -OCH3 is 2. The largest absolute Gasteiger partial charge is 0.479 e. The van der Waals surface area contributed by atoms with Crippen LogP contribution in [0.4, 0.5) is 26.3 Å². The lowest BCUT2D eigenvalue weighted by Crippen LogP contribution is -2.18. The molecule has 0 radical (unpaired) electrons. The van der Waals surface area contributed by atoms with Crippen molar-refractivity contribution >= 4 is 24.3 Å². The molecule has 6 aromatic heterocycles. The van der Waals surface area contributed by atoms with E-state index in [1.54, 1.807) is 51.2 Å². The Morgan fingerprint density at radius 1 is 0.529 bits per heavy atom. The number of alkyl halides is 6. The summed E-state index contributed by atoms with van der Waals surface area (Å²) in [7, 11) is 3.13. The first-order chi connectivity index (χ1) is 33.6. The molecule has 2 aliphatic heterocycles. The van der Waals surface area contributed by atoms with Crippen molar-refractivity contribution in [3.8, 4) is 23.1 Å². The number of aryl methyl sites for hydroxylation is 4. The van der Waals surface area contributed by atoms with Gasteiger partial charge in [0.2, 0.25) is 11.8 Å². The zero-order valence-corrected chi connectivity index (χ0v) is 38.4. The normalized spacial score (nSPS) is 16.0. The van der Waals surface area contributed by atoms with E-state index >= 15 is 0 Å². The summed E-state index contributed by atoms with van der Waals surface area (Å²) >= 11 is 0.